The van der Waals surface area contributed by atoms with Gasteiger partial charge in [0.15, 0.2) is 0 Å². The summed E-state index contributed by atoms with van der Waals surface area (Å²) in [6.07, 6.45) is 0. The van der Waals surface area contributed by atoms with E-state index in [0.29, 0.717) is 44.8 Å². The molecule has 2 aromatic rings. The van der Waals surface area contributed by atoms with E-state index in [1.165, 1.54) is 11.3 Å². The topological polar surface area (TPSA) is 73.0 Å². The zero-order valence-corrected chi connectivity index (χ0v) is 17.6. The van der Waals surface area contributed by atoms with E-state index in [2.05, 4.69) is 5.32 Å². The molecule has 0 atom stereocenters. The van der Waals surface area contributed by atoms with Gasteiger partial charge in [0.05, 0.1) is 11.4 Å². The lowest BCUT2D eigenvalue weighted by molar-refractivity contribution is -0.133. The van der Waals surface area contributed by atoms with Gasteiger partial charge in [-0.25, -0.2) is 0 Å². The highest BCUT2D eigenvalue weighted by atomic mass is 32.1. The lowest BCUT2D eigenvalue weighted by Gasteiger charge is -2.35. The first-order valence-corrected chi connectivity index (χ1v) is 10.5. The van der Waals surface area contributed by atoms with E-state index in [9.17, 15) is 14.4 Å². The standard InChI is InChI=1S/C21H26N4O3S/c1-22-20(27)17-7-5-16(6-8-17)14-23(2)15-19(26)24-9-11-25(12-10-24)21(28)18-4-3-13-29-18/h3-8,13H,9-12,14-15H2,1-2H3,(H,22,27). The molecule has 1 aromatic carbocycles. The predicted octanol–water partition coefficient (Wildman–Crippen LogP) is 1.52. The number of piperazine rings is 1. The van der Waals surface area contributed by atoms with Crippen molar-refractivity contribution >= 4 is 29.1 Å². The molecule has 0 spiro atoms. The molecule has 1 aliphatic heterocycles. The van der Waals surface area contributed by atoms with Crippen molar-refractivity contribution in [3.05, 3.63) is 57.8 Å². The molecule has 0 bridgehead atoms. The van der Waals surface area contributed by atoms with Crippen LogP contribution in [0.1, 0.15) is 25.6 Å². The van der Waals surface area contributed by atoms with Crippen LogP contribution in [0.3, 0.4) is 0 Å². The number of benzene rings is 1. The van der Waals surface area contributed by atoms with Gasteiger partial charge in [0, 0.05) is 45.3 Å². The Balaban J connectivity index is 1.45. The van der Waals surface area contributed by atoms with E-state index in [0.717, 1.165) is 10.4 Å². The number of hydrogen-bond acceptors (Lipinski definition) is 5. The Hall–Kier alpha value is -2.71. The third-order valence-corrected chi connectivity index (χ3v) is 5.81. The fourth-order valence-corrected chi connectivity index (χ4v) is 4.01. The van der Waals surface area contributed by atoms with E-state index in [4.69, 9.17) is 0 Å². The minimum absolute atomic E-state index is 0.0458. The van der Waals surface area contributed by atoms with Crippen molar-refractivity contribution in [1.82, 2.24) is 20.0 Å². The summed E-state index contributed by atoms with van der Waals surface area (Å²) in [7, 11) is 3.51. The van der Waals surface area contributed by atoms with Gasteiger partial charge in [0.25, 0.3) is 11.8 Å². The number of nitrogens with zero attached hydrogens (tertiary/aromatic N) is 3. The Bertz CT molecular complexity index is 843. The van der Waals surface area contributed by atoms with Gasteiger partial charge in [-0.05, 0) is 36.2 Å². The maximum Gasteiger partial charge on any atom is 0.264 e. The summed E-state index contributed by atoms with van der Waals surface area (Å²) in [6.45, 7) is 3.18. The number of hydrogen-bond donors (Lipinski definition) is 1. The molecule has 3 amide bonds. The summed E-state index contributed by atoms with van der Waals surface area (Å²) in [5.41, 5.74) is 1.66. The molecule has 0 saturated carbocycles. The number of thiophene rings is 1. The molecule has 8 heteroatoms. The Morgan fingerprint density at radius 2 is 1.69 bits per heavy atom. The van der Waals surface area contributed by atoms with Crippen LogP contribution in [0.2, 0.25) is 0 Å². The first kappa shape index (κ1) is 21.0. The molecule has 1 saturated heterocycles. The van der Waals surface area contributed by atoms with Crippen LogP contribution >= 0.6 is 11.3 Å². The highest BCUT2D eigenvalue weighted by Gasteiger charge is 2.25. The Kier molecular flexibility index (Phi) is 7.00. The summed E-state index contributed by atoms with van der Waals surface area (Å²) < 4.78 is 0. The van der Waals surface area contributed by atoms with E-state index in [1.807, 2.05) is 51.4 Å². The van der Waals surface area contributed by atoms with Crippen molar-refractivity contribution in [2.45, 2.75) is 6.54 Å². The SMILES string of the molecule is CNC(=O)c1ccc(CN(C)CC(=O)N2CCN(C(=O)c3cccs3)CC2)cc1. The normalized spacial score (nSPS) is 14.2. The molecule has 3 rings (SSSR count). The number of rotatable bonds is 6. The molecule has 1 fully saturated rings. The Labute approximate surface area is 174 Å². The molecular weight excluding hydrogens is 388 g/mol. The Morgan fingerprint density at radius 3 is 2.28 bits per heavy atom. The highest BCUT2D eigenvalue weighted by molar-refractivity contribution is 7.12. The molecule has 0 radical (unpaired) electrons. The fraction of sp³-hybridized carbons (Fsp3) is 0.381. The summed E-state index contributed by atoms with van der Waals surface area (Å²) in [5.74, 6) is -0.00101. The average Bonchev–Trinajstić information content (AvgIpc) is 3.28. The largest absolute Gasteiger partial charge is 0.355 e. The second kappa shape index (κ2) is 9.67. The smallest absolute Gasteiger partial charge is 0.264 e. The third kappa shape index (κ3) is 5.42. The van der Waals surface area contributed by atoms with Crippen LogP contribution in [0.25, 0.3) is 0 Å². The summed E-state index contributed by atoms with van der Waals surface area (Å²) in [4.78, 5) is 43.0. The zero-order valence-electron chi connectivity index (χ0n) is 16.8. The molecule has 154 valence electrons. The second-order valence-corrected chi connectivity index (χ2v) is 8.05. The van der Waals surface area contributed by atoms with Crippen molar-refractivity contribution < 1.29 is 14.4 Å². The first-order valence-electron chi connectivity index (χ1n) is 9.58. The number of likely N-dealkylation sites (N-methyl/N-ethyl adjacent to an activating group) is 1. The average molecular weight is 415 g/mol. The van der Waals surface area contributed by atoms with E-state index in [-0.39, 0.29) is 17.7 Å². The number of nitrogens with one attached hydrogen (secondary N) is 1. The lowest BCUT2D eigenvalue weighted by Crippen LogP contribution is -2.52. The molecule has 29 heavy (non-hydrogen) atoms. The minimum Gasteiger partial charge on any atom is -0.355 e. The number of carbonyl (C=O) groups excluding carboxylic acids is 3. The van der Waals surface area contributed by atoms with Crippen molar-refractivity contribution in [1.29, 1.82) is 0 Å². The molecule has 1 aliphatic rings. The van der Waals surface area contributed by atoms with Crippen LogP contribution < -0.4 is 5.32 Å². The van der Waals surface area contributed by atoms with Gasteiger partial charge < -0.3 is 15.1 Å². The van der Waals surface area contributed by atoms with E-state index >= 15 is 0 Å². The Morgan fingerprint density at radius 1 is 1.03 bits per heavy atom. The monoisotopic (exact) mass is 414 g/mol. The van der Waals surface area contributed by atoms with Gasteiger partial charge in [0.2, 0.25) is 5.91 Å². The maximum atomic E-state index is 12.6. The van der Waals surface area contributed by atoms with Crippen LogP contribution in [0.5, 0.6) is 0 Å². The van der Waals surface area contributed by atoms with Gasteiger partial charge in [-0.1, -0.05) is 18.2 Å². The van der Waals surface area contributed by atoms with E-state index < -0.39 is 0 Å². The quantitative estimate of drug-likeness (QED) is 0.778. The molecular formula is C21H26N4O3S. The van der Waals surface area contributed by atoms with Crippen LogP contribution in [-0.2, 0) is 11.3 Å². The van der Waals surface area contributed by atoms with Crippen LogP contribution in [-0.4, -0.2) is 79.2 Å². The van der Waals surface area contributed by atoms with E-state index in [1.54, 1.807) is 19.2 Å². The molecule has 2 heterocycles. The van der Waals surface area contributed by atoms with Gasteiger partial charge in [-0.15, -0.1) is 11.3 Å². The minimum atomic E-state index is -0.114. The highest BCUT2D eigenvalue weighted by Crippen LogP contribution is 2.14. The van der Waals surface area contributed by atoms with Gasteiger partial charge in [0.1, 0.15) is 0 Å². The molecule has 7 nitrogen and oxygen atoms in total. The van der Waals surface area contributed by atoms with Crippen molar-refractivity contribution in [3.8, 4) is 0 Å². The van der Waals surface area contributed by atoms with Crippen LogP contribution in [0.15, 0.2) is 41.8 Å². The van der Waals surface area contributed by atoms with Crippen molar-refractivity contribution in [2.75, 3.05) is 46.8 Å². The molecule has 0 unspecified atom stereocenters. The van der Waals surface area contributed by atoms with Crippen molar-refractivity contribution in [2.24, 2.45) is 0 Å². The van der Waals surface area contributed by atoms with Gasteiger partial charge >= 0.3 is 0 Å². The lowest BCUT2D eigenvalue weighted by atomic mass is 10.1. The summed E-state index contributed by atoms with van der Waals surface area (Å²) >= 11 is 1.44. The molecule has 0 aliphatic carbocycles. The zero-order chi connectivity index (χ0) is 20.8. The van der Waals surface area contributed by atoms with Crippen LogP contribution in [0, 0.1) is 0 Å². The maximum absolute atomic E-state index is 12.6. The second-order valence-electron chi connectivity index (χ2n) is 7.10. The third-order valence-electron chi connectivity index (χ3n) is 4.95. The van der Waals surface area contributed by atoms with Gasteiger partial charge in [-0.3, -0.25) is 19.3 Å². The summed E-state index contributed by atoms with van der Waals surface area (Å²) in [6, 6.07) is 11.1. The fourth-order valence-electron chi connectivity index (χ4n) is 3.32. The first-order chi connectivity index (χ1) is 14.0. The molecule has 1 aromatic heterocycles. The molecule has 1 N–H and O–H groups in total. The number of amides is 3. The van der Waals surface area contributed by atoms with Crippen LogP contribution in [0.4, 0.5) is 0 Å². The predicted molar refractivity (Wildman–Crippen MR) is 113 cm³/mol. The van der Waals surface area contributed by atoms with Gasteiger partial charge in [-0.2, -0.15) is 0 Å². The number of carbonyl (C=O) groups is 3. The van der Waals surface area contributed by atoms with Crippen molar-refractivity contribution in [3.63, 3.8) is 0 Å². The summed E-state index contributed by atoms with van der Waals surface area (Å²) in [5, 5.41) is 4.50.